The van der Waals surface area contributed by atoms with Gasteiger partial charge in [-0.3, -0.25) is 4.79 Å². The predicted molar refractivity (Wildman–Crippen MR) is 65.6 cm³/mol. The van der Waals surface area contributed by atoms with Crippen LogP contribution in [0.5, 0.6) is 0 Å². The molecule has 0 saturated carbocycles. The second-order valence-corrected chi connectivity index (χ2v) is 5.29. The molecule has 0 aromatic carbocycles. The minimum absolute atomic E-state index is 0.129. The van der Waals surface area contributed by atoms with Crippen molar-refractivity contribution in [3.63, 3.8) is 0 Å². The van der Waals surface area contributed by atoms with E-state index in [0.29, 0.717) is 19.3 Å². The molecule has 2 heterocycles. The van der Waals surface area contributed by atoms with Crippen LogP contribution in [0.1, 0.15) is 12.8 Å². The summed E-state index contributed by atoms with van der Waals surface area (Å²) in [6, 6.07) is 0.239. The van der Waals surface area contributed by atoms with Crippen LogP contribution in [-0.4, -0.2) is 68.2 Å². The Hall–Kier alpha value is -0.650. The molecule has 2 N–H and O–H groups in total. The first-order valence-electron chi connectivity index (χ1n) is 6.38. The summed E-state index contributed by atoms with van der Waals surface area (Å²) in [5.74, 6) is 0.0178. The van der Waals surface area contributed by atoms with Gasteiger partial charge in [0, 0.05) is 19.1 Å². The number of carbonyl (C=O) groups is 1. The van der Waals surface area contributed by atoms with Crippen molar-refractivity contribution in [3.8, 4) is 0 Å². The van der Waals surface area contributed by atoms with E-state index in [9.17, 15) is 4.79 Å². The van der Waals surface area contributed by atoms with Gasteiger partial charge in [0.2, 0.25) is 5.91 Å². The first-order valence-corrected chi connectivity index (χ1v) is 6.38. The summed E-state index contributed by atoms with van der Waals surface area (Å²) in [4.78, 5) is 16.5. The molecular weight excluding hydrogens is 218 g/mol. The average Bonchev–Trinajstić information content (AvgIpc) is 2.74. The fourth-order valence-electron chi connectivity index (χ4n) is 2.65. The molecule has 0 aromatic rings. The lowest BCUT2D eigenvalue weighted by molar-refractivity contribution is -0.137. The van der Waals surface area contributed by atoms with E-state index < -0.39 is 0 Å². The summed E-state index contributed by atoms with van der Waals surface area (Å²) in [5.41, 5.74) is 5.89. The predicted octanol–water partition coefficient (Wildman–Crippen LogP) is -0.487. The van der Waals surface area contributed by atoms with E-state index in [1.54, 1.807) is 0 Å². The van der Waals surface area contributed by atoms with E-state index >= 15 is 0 Å². The molecule has 0 spiro atoms. The van der Waals surface area contributed by atoms with Crippen molar-refractivity contribution in [3.05, 3.63) is 0 Å². The maximum Gasteiger partial charge on any atom is 0.229 e. The summed E-state index contributed by atoms with van der Waals surface area (Å²) in [5, 5.41) is 0. The smallest absolute Gasteiger partial charge is 0.229 e. The van der Waals surface area contributed by atoms with Gasteiger partial charge in [0.1, 0.15) is 0 Å². The van der Waals surface area contributed by atoms with Gasteiger partial charge in [-0.2, -0.15) is 0 Å². The molecule has 2 unspecified atom stereocenters. The Balaban J connectivity index is 1.90. The number of hydrogen-bond donors (Lipinski definition) is 1. The number of piperidine rings is 1. The highest BCUT2D eigenvalue weighted by molar-refractivity contribution is 5.80. The molecule has 98 valence electrons. The summed E-state index contributed by atoms with van der Waals surface area (Å²) >= 11 is 0. The van der Waals surface area contributed by atoms with Crippen LogP contribution in [0.25, 0.3) is 0 Å². The van der Waals surface area contributed by atoms with Crippen LogP contribution >= 0.6 is 0 Å². The van der Waals surface area contributed by atoms with Crippen LogP contribution in [0.2, 0.25) is 0 Å². The fraction of sp³-hybridized carbons (Fsp3) is 0.917. The topological polar surface area (TPSA) is 58.8 Å². The van der Waals surface area contributed by atoms with Crippen molar-refractivity contribution in [1.82, 2.24) is 9.80 Å². The number of nitrogens with zero attached hydrogens (tertiary/aromatic N) is 2. The van der Waals surface area contributed by atoms with Crippen molar-refractivity contribution in [2.75, 3.05) is 40.4 Å². The number of amides is 1. The second-order valence-electron chi connectivity index (χ2n) is 5.29. The average molecular weight is 241 g/mol. The minimum atomic E-state index is -0.139. The number of hydrogen-bond acceptors (Lipinski definition) is 4. The third kappa shape index (κ3) is 2.78. The highest BCUT2D eigenvalue weighted by Gasteiger charge is 2.35. The molecule has 2 fully saturated rings. The molecule has 2 aliphatic rings. The molecule has 5 nitrogen and oxygen atoms in total. The molecule has 0 aromatic heterocycles. The van der Waals surface area contributed by atoms with Crippen LogP contribution in [0, 0.1) is 5.92 Å². The number of carbonyl (C=O) groups excluding carboxylic acids is 1. The molecule has 0 aliphatic carbocycles. The normalized spacial score (nSPS) is 31.7. The van der Waals surface area contributed by atoms with Crippen LogP contribution in [0.3, 0.4) is 0 Å². The molecule has 2 saturated heterocycles. The lowest BCUT2D eigenvalue weighted by Crippen LogP contribution is -2.49. The Morgan fingerprint density at radius 1 is 1.35 bits per heavy atom. The van der Waals surface area contributed by atoms with Gasteiger partial charge < -0.3 is 20.3 Å². The van der Waals surface area contributed by atoms with Crippen LogP contribution in [0.15, 0.2) is 0 Å². The number of rotatable bonds is 2. The van der Waals surface area contributed by atoms with E-state index in [1.165, 1.54) is 0 Å². The first-order chi connectivity index (χ1) is 8.09. The highest BCUT2D eigenvalue weighted by atomic mass is 16.5. The zero-order valence-corrected chi connectivity index (χ0v) is 10.8. The van der Waals surface area contributed by atoms with Crippen LogP contribution in [-0.2, 0) is 9.53 Å². The van der Waals surface area contributed by atoms with Gasteiger partial charge in [-0.15, -0.1) is 0 Å². The maximum atomic E-state index is 12.3. The first kappa shape index (κ1) is 12.8. The third-order valence-electron chi connectivity index (χ3n) is 4.03. The molecule has 2 rings (SSSR count). The lowest BCUT2D eigenvalue weighted by Gasteiger charge is -2.36. The van der Waals surface area contributed by atoms with Crippen molar-refractivity contribution in [2.24, 2.45) is 11.7 Å². The standard InChI is InChI=1S/C12H23N3O2/c1-14-5-3-9(4-6-14)15(2)12(16)10-7-17-8-11(10)13/h9-11H,3-8,13H2,1-2H3. The Morgan fingerprint density at radius 2 is 2.00 bits per heavy atom. The van der Waals surface area contributed by atoms with Crippen molar-refractivity contribution in [1.29, 1.82) is 0 Å². The van der Waals surface area contributed by atoms with Gasteiger partial charge in [0.25, 0.3) is 0 Å². The van der Waals surface area contributed by atoms with Gasteiger partial charge in [0.05, 0.1) is 19.1 Å². The zero-order valence-electron chi connectivity index (χ0n) is 10.8. The highest BCUT2D eigenvalue weighted by Crippen LogP contribution is 2.20. The number of ether oxygens (including phenoxy) is 1. The Bertz CT molecular complexity index is 277. The van der Waals surface area contributed by atoms with E-state index in [-0.39, 0.29) is 17.9 Å². The largest absolute Gasteiger partial charge is 0.379 e. The molecule has 1 amide bonds. The molecule has 0 bridgehead atoms. The fourth-order valence-corrected chi connectivity index (χ4v) is 2.65. The van der Waals surface area contributed by atoms with Gasteiger partial charge >= 0.3 is 0 Å². The number of nitrogens with two attached hydrogens (primary N) is 1. The van der Waals surface area contributed by atoms with Gasteiger partial charge in [-0.1, -0.05) is 0 Å². The van der Waals surface area contributed by atoms with E-state index in [1.807, 2.05) is 11.9 Å². The summed E-state index contributed by atoms with van der Waals surface area (Å²) < 4.78 is 5.26. The zero-order chi connectivity index (χ0) is 12.4. The summed E-state index contributed by atoms with van der Waals surface area (Å²) in [6.07, 6.45) is 2.11. The van der Waals surface area contributed by atoms with Gasteiger partial charge in [-0.25, -0.2) is 0 Å². The second kappa shape index (κ2) is 5.33. The molecule has 2 aliphatic heterocycles. The molecule has 0 radical (unpaired) electrons. The monoisotopic (exact) mass is 241 g/mol. The summed E-state index contributed by atoms with van der Waals surface area (Å²) in [6.45, 7) is 3.12. The van der Waals surface area contributed by atoms with E-state index in [0.717, 1.165) is 25.9 Å². The molecule has 5 heteroatoms. The molecule has 17 heavy (non-hydrogen) atoms. The number of likely N-dealkylation sites (tertiary alicyclic amines) is 1. The SMILES string of the molecule is CN1CCC(N(C)C(=O)C2COCC2N)CC1. The quantitative estimate of drug-likeness (QED) is 0.709. The van der Waals surface area contributed by atoms with E-state index in [4.69, 9.17) is 10.5 Å². The minimum Gasteiger partial charge on any atom is -0.379 e. The van der Waals surface area contributed by atoms with Crippen LogP contribution < -0.4 is 5.73 Å². The molecule has 2 atom stereocenters. The van der Waals surface area contributed by atoms with Crippen molar-refractivity contribution < 1.29 is 9.53 Å². The maximum absolute atomic E-state index is 12.3. The van der Waals surface area contributed by atoms with Gasteiger partial charge in [0.15, 0.2) is 0 Å². The third-order valence-corrected chi connectivity index (χ3v) is 4.03. The molecular formula is C12H23N3O2. The Labute approximate surface area is 103 Å². The lowest BCUT2D eigenvalue weighted by atomic mass is 9.99. The van der Waals surface area contributed by atoms with Gasteiger partial charge in [-0.05, 0) is 33.0 Å². The Morgan fingerprint density at radius 3 is 2.53 bits per heavy atom. The summed E-state index contributed by atoms with van der Waals surface area (Å²) in [7, 11) is 4.03. The van der Waals surface area contributed by atoms with Crippen molar-refractivity contribution in [2.45, 2.75) is 24.9 Å². The van der Waals surface area contributed by atoms with Crippen LogP contribution in [0.4, 0.5) is 0 Å². The van der Waals surface area contributed by atoms with Crippen molar-refractivity contribution >= 4 is 5.91 Å². The van der Waals surface area contributed by atoms with E-state index in [2.05, 4.69) is 11.9 Å². The Kier molecular flexibility index (Phi) is 4.01.